The van der Waals surface area contributed by atoms with E-state index in [1.54, 1.807) is 24.3 Å². The molecule has 0 aliphatic heterocycles. The topological polar surface area (TPSA) is 96.1 Å². The first-order chi connectivity index (χ1) is 9.83. The number of hydrogen-bond acceptors (Lipinski definition) is 6. The zero-order chi connectivity index (χ0) is 15.6. The molecular formula is C12H14N4O4S. The summed E-state index contributed by atoms with van der Waals surface area (Å²) in [6.07, 6.45) is 2.50. The lowest BCUT2D eigenvalue weighted by molar-refractivity contribution is 0.311. The Bertz CT molecular complexity index is 835. The molecule has 9 heteroatoms. The van der Waals surface area contributed by atoms with E-state index in [1.807, 2.05) is 0 Å². The van der Waals surface area contributed by atoms with Crippen LogP contribution >= 0.6 is 0 Å². The Kier molecular flexibility index (Phi) is 4.05. The molecule has 21 heavy (non-hydrogen) atoms. The average Bonchev–Trinajstić information content (AvgIpc) is 2.75. The van der Waals surface area contributed by atoms with Gasteiger partial charge in [0.25, 0.3) is 10.1 Å². The minimum absolute atomic E-state index is 0.223. The number of hydrogen-bond donors (Lipinski definition) is 0. The maximum absolute atomic E-state index is 11.9. The van der Waals surface area contributed by atoms with E-state index < -0.39 is 15.8 Å². The largest absolute Gasteiger partial charge is 0.368 e. The predicted octanol–water partition coefficient (Wildman–Crippen LogP) is 0.0852. The van der Waals surface area contributed by atoms with Gasteiger partial charge in [0.2, 0.25) is 0 Å². The van der Waals surface area contributed by atoms with Gasteiger partial charge in [-0.05, 0) is 22.1 Å². The molecule has 1 aromatic heterocycles. The Morgan fingerprint density at radius 2 is 2.10 bits per heavy atom. The van der Waals surface area contributed by atoms with Crippen molar-refractivity contribution in [3.8, 4) is 5.69 Å². The molecule has 2 aromatic rings. The highest BCUT2D eigenvalue weighted by molar-refractivity contribution is 7.85. The Morgan fingerprint density at radius 1 is 1.38 bits per heavy atom. The molecule has 0 aliphatic rings. The fourth-order valence-electron chi connectivity index (χ4n) is 1.77. The van der Waals surface area contributed by atoms with Crippen LogP contribution in [0.2, 0.25) is 0 Å². The predicted molar refractivity (Wildman–Crippen MR) is 76.3 cm³/mol. The second-order valence-corrected chi connectivity index (χ2v) is 5.96. The zero-order valence-electron chi connectivity index (χ0n) is 11.6. The fraction of sp³-hybridized carbons (Fsp3) is 0.250. The number of tetrazole rings is 1. The molecule has 0 unspecified atom stereocenters. The van der Waals surface area contributed by atoms with Crippen LogP contribution in [0.25, 0.3) is 11.8 Å². The summed E-state index contributed by atoms with van der Waals surface area (Å²) in [4.78, 5) is 11.9. The van der Waals surface area contributed by atoms with Crippen LogP contribution in [0.4, 0.5) is 0 Å². The van der Waals surface area contributed by atoms with Crippen LogP contribution in [0, 0.1) is 0 Å². The molecule has 2 rings (SSSR count). The molecule has 8 nitrogen and oxygen atoms in total. The molecule has 0 fully saturated rings. The normalized spacial score (nSPS) is 11.5. The highest BCUT2D eigenvalue weighted by Crippen LogP contribution is 2.20. The van der Waals surface area contributed by atoms with Crippen molar-refractivity contribution in [3.05, 3.63) is 46.4 Å². The van der Waals surface area contributed by atoms with Crippen LogP contribution in [-0.4, -0.2) is 34.5 Å². The maximum Gasteiger partial charge on any atom is 0.368 e. The van der Waals surface area contributed by atoms with Crippen molar-refractivity contribution in [2.45, 2.75) is 6.61 Å². The van der Waals surface area contributed by atoms with Crippen LogP contribution in [0.5, 0.6) is 0 Å². The maximum atomic E-state index is 11.9. The van der Waals surface area contributed by atoms with Crippen LogP contribution in [0.15, 0.2) is 29.6 Å². The second kappa shape index (κ2) is 5.62. The fourth-order valence-corrected chi connectivity index (χ4v) is 2.10. The summed E-state index contributed by atoms with van der Waals surface area (Å²) in [5.74, 6) is 0. The molecule has 0 amide bonds. The molecule has 112 valence electrons. The zero-order valence-corrected chi connectivity index (χ0v) is 12.4. The van der Waals surface area contributed by atoms with Crippen LogP contribution in [0.1, 0.15) is 11.1 Å². The van der Waals surface area contributed by atoms with E-state index in [-0.39, 0.29) is 6.61 Å². The molecule has 1 heterocycles. The van der Waals surface area contributed by atoms with E-state index in [2.05, 4.69) is 17.0 Å². The lowest BCUT2D eigenvalue weighted by Crippen LogP contribution is -2.23. The number of rotatable bonds is 5. The van der Waals surface area contributed by atoms with Gasteiger partial charge in [0.1, 0.15) is 0 Å². The van der Waals surface area contributed by atoms with E-state index in [9.17, 15) is 13.2 Å². The monoisotopic (exact) mass is 310 g/mol. The van der Waals surface area contributed by atoms with Crippen molar-refractivity contribution < 1.29 is 12.6 Å². The summed E-state index contributed by atoms with van der Waals surface area (Å²) in [5, 5.41) is 7.37. The van der Waals surface area contributed by atoms with E-state index in [0.29, 0.717) is 16.8 Å². The van der Waals surface area contributed by atoms with E-state index in [4.69, 9.17) is 4.18 Å². The van der Waals surface area contributed by atoms with Crippen molar-refractivity contribution >= 4 is 16.2 Å². The number of benzene rings is 1. The third kappa shape index (κ3) is 3.26. The van der Waals surface area contributed by atoms with E-state index in [0.717, 1.165) is 15.6 Å². The van der Waals surface area contributed by atoms with Crippen LogP contribution in [-0.2, 0) is 28.0 Å². The van der Waals surface area contributed by atoms with Gasteiger partial charge in [0.15, 0.2) is 0 Å². The molecule has 1 aromatic carbocycles. The van der Waals surface area contributed by atoms with Gasteiger partial charge in [-0.1, -0.05) is 24.8 Å². The first kappa shape index (κ1) is 15.1. The van der Waals surface area contributed by atoms with Crippen molar-refractivity contribution in [2.75, 3.05) is 6.26 Å². The molecule has 0 atom stereocenters. The second-order valence-electron chi connectivity index (χ2n) is 4.31. The highest BCUT2D eigenvalue weighted by atomic mass is 32.2. The Labute approximate surface area is 121 Å². The molecule has 0 radical (unpaired) electrons. The van der Waals surface area contributed by atoms with Crippen molar-refractivity contribution in [1.82, 2.24) is 19.8 Å². The van der Waals surface area contributed by atoms with E-state index >= 15 is 0 Å². The van der Waals surface area contributed by atoms with Gasteiger partial charge in [-0.3, -0.25) is 4.18 Å². The first-order valence-electron chi connectivity index (χ1n) is 5.91. The number of aryl methyl sites for hydroxylation is 1. The Balaban J connectivity index is 2.58. The average molecular weight is 310 g/mol. The molecule has 0 saturated heterocycles. The quantitative estimate of drug-likeness (QED) is 0.726. The molecular weight excluding hydrogens is 296 g/mol. The van der Waals surface area contributed by atoms with Gasteiger partial charge in [-0.25, -0.2) is 4.79 Å². The van der Waals surface area contributed by atoms with Crippen LogP contribution < -0.4 is 5.69 Å². The van der Waals surface area contributed by atoms with Gasteiger partial charge < -0.3 is 0 Å². The third-order valence-corrected chi connectivity index (χ3v) is 3.32. The van der Waals surface area contributed by atoms with Gasteiger partial charge in [0.05, 0.1) is 18.6 Å². The lowest BCUT2D eigenvalue weighted by Gasteiger charge is -2.11. The van der Waals surface area contributed by atoms with Crippen molar-refractivity contribution in [3.63, 3.8) is 0 Å². The minimum atomic E-state index is -3.61. The smallest absolute Gasteiger partial charge is 0.265 e. The SMILES string of the molecule is C=Cc1cccc(-n2nnn(C)c2=O)c1COS(C)(=O)=O. The Morgan fingerprint density at radius 3 is 2.62 bits per heavy atom. The number of nitrogens with zero attached hydrogens (tertiary/aromatic N) is 4. The summed E-state index contributed by atoms with van der Waals surface area (Å²) >= 11 is 0. The first-order valence-corrected chi connectivity index (χ1v) is 7.73. The Hall–Kier alpha value is -2.26. The summed E-state index contributed by atoms with van der Waals surface area (Å²) in [6.45, 7) is 3.44. The summed E-state index contributed by atoms with van der Waals surface area (Å²) < 4.78 is 29.3. The minimum Gasteiger partial charge on any atom is -0.265 e. The molecule has 0 spiro atoms. The van der Waals surface area contributed by atoms with E-state index in [1.165, 1.54) is 7.05 Å². The third-order valence-electron chi connectivity index (χ3n) is 2.77. The van der Waals surface area contributed by atoms with Crippen molar-refractivity contribution in [1.29, 1.82) is 0 Å². The van der Waals surface area contributed by atoms with Gasteiger partial charge in [-0.2, -0.15) is 17.8 Å². The molecule has 0 saturated carbocycles. The highest BCUT2D eigenvalue weighted by Gasteiger charge is 2.15. The summed E-state index contributed by atoms with van der Waals surface area (Å²) in [6, 6.07) is 5.07. The number of aromatic nitrogens is 4. The van der Waals surface area contributed by atoms with Gasteiger partial charge in [-0.15, -0.1) is 0 Å². The standard InChI is InChI=1S/C12H14N4O4S/c1-4-9-6-5-7-11(10(9)8-20-21(3,18)19)16-12(17)15(2)13-14-16/h4-7H,1,8H2,2-3H3. The van der Waals surface area contributed by atoms with Gasteiger partial charge in [0, 0.05) is 12.6 Å². The molecule has 0 aliphatic carbocycles. The molecule has 0 N–H and O–H groups in total. The lowest BCUT2D eigenvalue weighted by atomic mass is 10.1. The van der Waals surface area contributed by atoms with Crippen molar-refractivity contribution in [2.24, 2.45) is 7.05 Å². The summed E-state index contributed by atoms with van der Waals surface area (Å²) in [5.41, 5.74) is 1.08. The van der Waals surface area contributed by atoms with Crippen LogP contribution in [0.3, 0.4) is 0 Å². The summed E-state index contributed by atoms with van der Waals surface area (Å²) in [7, 11) is -2.15. The van der Waals surface area contributed by atoms with Gasteiger partial charge >= 0.3 is 5.69 Å². The molecule has 0 bridgehead atoms.